The number of nitrogens with one attached hydrogen (secondary N) is 2. The van der Waals surface area contributed by atoms with E-state index in [4.69, 9.17) is 10.2 Å². The van der Waals surface area contributed by atoms with Crippen molar-refractivity contribution >= 4 is 21.6 Å². The molecule has 1 aromatic carbocycles. The van der Waals surface area contributed by atoms with Crippen molar-refractivity contribution in [2.24, 2.45) is 5.92 Å². The number of hydrogen-bond donors (Lipinski definition) is 3. The monoisotopic (exact) mass is 485 g/mol. The lowest BCUT2D eigenvalue weighted by Crippen LogP contribution is -2.38. The Morgan fingerprint density at radius 2 is 2.03 bits per heavy atom. The van der Waals surface area contributed by atoms with Gasteiger partial charge in [0.2, 0.25) is 0 Å². The van der Waals surface area contributed by atoms with Gasteiger partial charge in [-0.3, -0.25) is 4.79 Å². The van der Waals surface area contributed by atoms with Crippen molar-refractivity contribution in [3.05, 3.63) is 36.4 Å². The number of sulfone groups is 1. The Bertz CT molecular complexity index is 1270. The summed E-state index contributed by atoms with van der Waals surface area (Å²) in [7, 11) is -3.38. The molecule has 1 aliphatic rings. The second-order valence-corrected chi connectivity index (χ2v) is 10.9. The molecule has 0 spiro atoms. The van der Waals surface area contributed by atoms with Crippen LogP contribution in [0.1, 0.15) is 37.4 Å². The molecule has 11 nitrogen and oxygen atoms in total. The van der Waals surface area contributed by atoms with Crippen molar-refractivity contribution in [1.29, 1.82) is 0 Å². The molecule has 3 aromatic rings. The molecule has 1 atom stereocenters. The number of aromatic nitrogens is 4. The van der Waals surface area contributed by atoms with Gasteiger partial charge in [-0.2, -0.15) is 0 Å². The van der Waals surface area contributed by atoms with Crippen molar-refractivity contribution in [2.75, 3.05) is 25.4 Å². The first-order valence-corrected chi connectivity index (χ1v) is 12.6. The minimum Gasteiger partial charge on any atom is -0.410 e. The first-order valence-electron chi connectivity index (χ1n) is 11.1. The number of benzene rings is 1. The maximum Gasteiger partial charge on any atom is 0.308 e. The van der Waals surface area contributed by atoms with Gasteiger partial charge in [-0.15, -0.1) is 10.2 Å². The molecule has 4 rings (SSSR count). The standard InChI is InChI=1S/C22H27N7O4S/c1-13(2)34(31,32)16-7-5-15(6-8-16)17-12-25-19(23)18(27-17)21-28-29-22(33-21)20(30)26-11-14-4-3-9-24-10-14/h5-8,12-14,24H,3-4,9-11H2,1-2H3,(H2,23,25)(H,26,30). The average molecular weight is 486 g/mol. The smallest absolute Gasteiger partial charge is 0.308 e. The van der Waals surface area contributed by atoms with Gasteiger partial charge in [0.05, 0.1) is 22.0 Å². The number of rotatable bonds is 7. The van der Waals surface area contributed by atoms with Crippen LogP contribution in [-0.4, -0.2) is 59.4 Å². The number of nitrogen functional groups attached to an aromatic ring is 1. The van der Waals surface area contributed by atoms with Crippen LogP contribution in [0.5, 0.6) is 0 Å². The Kier molecular flexibility index (Phi) is 6.89. The number of anilines is 1. The molecule has 0 radical (unpaired) electrons. The maximum atomic E-state index is 12.4. The fourth-order valence-corrected chi connectivity index (χ4v) is 4.66. The molecule has 0 aliphatic carbocycles. The number of piperidine rings is 1. The molecule has 12 heteroatoms. The molecule has 3 heterocycles. The molecular weight excluding hydrogens is 458 g/mol. The number of hydrogen-bond acceptors (Lipinski definition) is 10. The SMILES string of the molecule is CC(C)S(=O)(=O)c1ccc(-c2cnc(N)c(-c3nnc(C(=O)NCC4CCCNC4)o3)n2)cc1. The highest BCUT2D eigenvalue weighted by molar-refractivity contribution is 7.92. The Balaban J connectivity index is 1.51. The summed E-state index contributed by atoms with van der Waals surface area (Å²) in [5.74, 6) is -0.259. The fraction of sp³-hybridized carbons (Fsp3) is 0.409. The number of carbonyl (C=O) groups excluding carboxylic acids is 1. The Morgan fingerprint density at radius 3 is 2.71 bits per heavy atom. The number of amides is 1. The van der Waals surface area contributed by atoms with E-state index >= 15 is 0 Å². The summed E-state index contributed by atoms with van der Waals surface area (Å²) in [5, 5.41) is 13.3. The van der Waals surface area contributed by atoms with Gasteiger partial charge in [0, 0.05) is 12.1 Å². The van der Waals surface area contributed by atoms with Gasteiger partial charge < -0.3 is 20.8 Å². The molecular formula is C22H27N7O4S. The molecule has 34 heavy (non-hydrogen) atoms. The first kappa shape index (κ1) is 23.8. The zero-order valence-corrected chi connectivity index (χ0v) is 19.8. The van der Waals surface area contributed by atoms with E-state index in [1.54, 1.807) is 26.0 Å². The summed E-state index contributed by atoms with van der Waals surface area (Å²) in [5.41, 5.74) is 7.18. The highest BCUT2D eigenvalue weighted by atomic mass is 32.2. The topological polar surface area (TPSA) is 166 Å². The van der Waals surface area contributed by atoms with Crippen molar-refractivity contribution in [3.8, 4) is 22.8 Å². The predicted molar refractivity (Wildman–Crippen MR) is 125 cm³/mol. The minimum absolute atomic E-state index is 0.0321. The summed E-state index contributed by atoms with van der Waals surface area (Å²) in [6.45, 7) is 5.64. The molecule has 1 aliphatic heterocycles. The zero-order valence-electron chi connectivity index (χ0n) is 19.0. The van der Waals surface area contributed by atoms with E-state index in [9.17, 15) is 13.2 Å². The number of nitrogens with two attached hydrogens (primary N) is 1. The molecule has 180 valence electrons. The second-order valence-electron chi connectivity index (χ2n) is 8.44. The van der Waals surface area contributed by atoms with Gasteiger partial charge in [-0.05, 0) is 57.8 Å². The molecule has 1 saturated heterocycles. The van der Waals surface area contributed by atoms with E-state index in [0.29, 0.717) is 23.7 Å². The lowest BCUT2D eigenvalue weighted by molar-refractivity contribution is 0.0910. The van der Waals surface area contributed by atoms with Crippen molar-refractivity contribution in [2.45, 2.75) is 36.8 Å². The third kappa shape index (κ3) is 5.07. The molecule has 1 unspecified atom stereocenters. The summed E-state index contributed by atoms with van der Waals surface area (Å²) >= 11 is 0. The van der Waals surface area contributed by atoms with Crippen LogP contribution in [0.25, 0.3) is 22.8 Å². The van der Waals surface area contributed by atoms with Crippen LogP contribution in [0.3, 0.4) is 0 Å². The minimum atomic E-state index is -3.38. The lowest BCUT2D eigenvalue weighted by Gasteiger charge is -2.22. The molecule has 0 saturated carbocycles. The van der Waals surface area contributed by atoms with Crippen molar-refractivity contribution < 1.29 is 17.6 Å². The van der Waals surface area contributed by atoms with Crippen LogP contribution in [-0.2, 0) is 9.84 Å². The average Bonchev–Trinajstić information content (AvgIpc) is 3.34. The highest BCUT2D eigenvalue weighted by Crippen LogP contribution is 2.26. The van der Waals surface area contributed by atoms with Gasteiger partial charge >= 0.3 is 11.8 Å². The van der Waals surface area contributed by atoms with Crippen LogP contribution in [0.4, 0.5) is 5.82 Å². The summed E-state index contributed by atoms with van der Waals surface area (Å²) in [6, 6.07) is 6.34. The molecule has 1 amide bonds. The van der Waals surface area contributed by atoms with Crippen LogP contribution < -0.4 is 16.4 Å². The molecule has 4 N–H and O–H groups in total. The Morgan fingerprint density at radius 1 is 1.26 bits per heavy atom. The molecule has 2 aromatic heterocycles. The van der Waals surface area contributed by atoms with Gasteiger partial charge in [0.25, 0.3) is 5.89 Å². The van der Waals surface area contributed by atoms with Crippen LogP contribution >= 0.6 is 0 Å². The normalized spacial score (nSPS) is 16.5. The summed E-state index contributed by atoms with van der Waals surface area (Å²) < 4.78 is 30.2. The number of carbonyl (C=O) groups is 1. The van der Waals surface area contributed by atoms with E-state index in [-0.39, 0.29) is 28.2 Å². The third-order valence-corrected chi connectivity index (χ3v) is 7.84. The predicted octanol–water partition coefficient (Wildman–Crippen LogP) is 1.69. The van der Waals surface area contributed by atoms with Gasteiger partial charge in [-0.1, -0.05) is 12.1 Å². The fourth-order valence-electron chi connectivity index (χ4n) is 3.60. The summed E-state index contributed by atoms with van der Waals surface area (Å²) in [4.78, 5) is 21.3. The quantitative estimate of drug-likeness (QED) is 0.448. The van der Waals surface area contributed by atoms with Gasteiger partial charge in [0.15, 0.2) is 21.3 Å². The van der Waals surface area contributed by atoms with Crippen LogP contribution in [0.2, 0.25) is 0 Å². The van der Waals surface area contributed by atoms with Crippen LogP contribution in [0, 0.1) is 5.92 Å². The Labute approximate surface area is 197 Å². The first-order chi connectivity index (χ1) is 16.3. The van der Waals surface area contributed by atoms with Crippen molar-refractivity contribution in [1.82, 2.24) is 30.8 Å². The van der Waals surface area contributed by atoms with Gasteiger partial charge in [0.1, 0.15) is 0 Å². The summed E-state index contributed by atoms with van der Waals surface area (Å²) in [6.07, 6.45) is 3.59. The van der Waals surface area contributed by atoms with E-state index in [1.165, 1.54) is 18.3 Å². The van der Waals surface area contributed by atoms with E-state index < -0.39 is 21.0 Å². The van der Waals surface area contributed by atoms with E-state index in [2.05, 4.69) is 30.8 Å². The lowest BCUT2D eigenvalue weighted by atomic mass is 10.00. The van der Waals surface area contributed by atoms with Crippen LogP contribution in [0.15, 0.2) is 39.8 Å². The zero-order chi connectivity index (χ0) is 24.3. The molecule has 0 bridgehead atoms. The Hall–Kier alpha value is -3.38. The third-order valence-electron chi connectivity index (χ3n) is 5.67. The van der Waals surface area contributed by atoms with Crippen molar-refractivity contribution in [3.63, 3.8) is 0 Å². The second kappa shape index (κ2) is 9.85. The van der Waals surface area contributed by atoms with Gasteiger partial charge in [-0.25, -0.2) is 18.4 Å². The number of nitrogens with zero attached hydrogens (tertiary/aromatic N) is 4. The molecule has 1 fully saturated rings. The highest BCUT2D eigenvalue weighted by Gasteiger charge is 2.22. The maximum absolute atomic E-state index is 12.4. The van der Waals surface area contributed by atoms with E-state index in [0.717, 1.165) is 25.9 Å². The van der Waals surface area contributed by atoms with E-state index in [1.807, 2.05) is 0 Å². The largest absolute Gasteiger partial charge is 0.410 e.